The number of hydrogen-bond acceptors (Lipinski definition) is 3. The van der Waals surface area contributed by atoms with Crippen LogP contribution >= 0.6 is 0 Å². The molecular weight excluding hydrogens is 346 g/mol. The van der Waals surface area contributed by atoms with Crippen molar-refractivity contribution in [1.29, 1.82) is 0 Å². The summed E-state index contributed by atoms with van der Waals surface area (Å²) in [7, 11) is 0. The van der Waals surface area contributed by atoms with Crippen LogP contribution in [0.1, 0.15) is 48.3 Å². The van der Waals surface area contributed by atoms with Crippen molar-refractivity contribution in [2.45, 2.75) is 45.7 Å². The van der Waals surface area contributed by atoms with E-state index in [1.54, 1.807) is 4.90 Å². The molecule has 5 nitrogen and oxygen atoms in total. The minimum Gasteiger partial charge on any atom is -0.322 e. The van der Waals surface area contributed by atoms with Crippen LogP contribution in [0.5, 0.6) is 0 Å². The number of nitrogens with zero attached hydrogens (tertiary/aromatic N) is 4. The highest BCUT2D eigenvalue weighted by atomic mass is 15.5. The fraction of sp³-hybridized carbons (Fsp3) is 0.435. The molecular formula is C23H30N5+. The first-order valence-electron chi connectivity index (χ1n) is 10.4. The van der Waals surface area contributed by atoms with Crippen LogP contribution in [-0.4, -0.2) is 33.3 Å². The number of tetrazole rings is 1. The lowest BCUT2D eigenvalue weighted by Gasteiger charge is -2.33. The number of aromatic nitrogens is 4. The Kier molecular flexibility index (Phi) is 5.81. The Bertz CT molecular complexity index is 864. The van der Waals surface area contributed by atoms with Crippen LogP contribution in [0.3, 0.4) is 0 Å². The fourth-order valence-electron chi connectivity index (χ4n) is 4.21. The fourth-order valence-corrected chi connectivity index (χ4v) is 4.21. The van der Waals surface area contributed by atoms with E-state index in [1.165, 1.54) is 42.6 Å². The quantitative estimate of drug-likeness (QED) is 0.719. The molecule has 1 aromatic heterocycles. The van der Waals surface area contributed by atoms with E-state index in [0.29, 0.717) is 0 Å². The number of piperidine rings is 1. The SMILES string of the molecule is Cc1ccc([C@H](c2nnnn2CCc2ccccc2)[NH+]2CCC(C)CC2)cc1. The smallest absolute Gasteiger partial charge is 0.214 e. The maximum absolute atomic E-state index is 4.50. The molecule has 1 N–H and O–H groups in total. The van der Waals surface area contributed by atoms with Gasteiger partial charge in [0, 0.05) is 12.1 Å². The second-order valence-corrected chi connectivity index (χ2v) is 8.18. The molecule has 5 heteroatoms. The van der Waals surface area contributed by atoms with Crippen molar-refractivity contribution in [2.24, 2.45) is 5.92 Å². The number of aryl methyl sites for hydroxylation is 3. The van der Waals surface area contributed by atoms with Gasteiger partial charge in [-0.25, -0.2) is 4.68 Å². The van der Waals surface area contributed by atoms with Crippen LogP contribution < -0.4 is 4.90 Å². The lowest BCUT2D eigenvalue weighted by Crippen LogP contribution is -3.13. The molecule has 1 atom stereocenters. The standard InChI is InChI=1S/C23H29N5/c1-18-8-10-21(11-9-18)22(27-15-12-19(2)13-16-27)23-24-25-26-28(23)17-14-20-6-4-3-5-7-20/h3-11,19,22H,12-17H2,1-2H3/p+1/t22-/m1/s1. The van der Waals surface area contributed by atoms with Crippen molar-refractivity contribution in [1.82, 2.24) is 20.2 Å². The summed E-state index contributed by atoms with van der Waals surface area (Å²) in [5.41, 5.74) is 3.91. The zero-order valence-corrected chi connectivity index (χ0v) is 16.9. The van der Waals surface area contributed by atoms with E-state index in [2.05, 4.69) is 84.0 Å². The summed E-state index contributed by atoms with van der Waals surface area (Å²) < 4.78 is 2.02. The number of nitrogens with one attached hydrogen (secondary N) is 1. The Hall–Kier alpha value is -2.53. The number of quaternary nitrogens is 1. The monoisotopic (exact) mass is 376 g/mol. The lowest BCUT2D eigenvalue weighted by molar-refractivity contribution is -0.932. The van der Waals surface area contributed by atoms with Crippen LogP contribution in [-0.2, 0) is 13.0 Å². The molecule has 0 bridgehead atoms. The maximum Gasteiger partial charge on any atom is 0.214 e. The van der Waals surface area contributed by atoms with Gasteiger partial charge in [-0.1, -0.05) is 67.1 Å². The summed E-state index contributed by atoms with van der Waals surface area (Å²) in [6.45, 7) is 7.65. The molecule has 0 unspecified atom stereocenters. The Morgan fingerprint density at radius 3 is 2.46 bits per heavy atom. The first-order chi connectivity index (χ1) is 13.7. The highest BCUT2D eigenvalue weighted by molar-refractivity contribution is 5.26. The van der Waals surface area contributed by atoms with Crippen molar-refractivity contribution in [3.63, 3.8) is 0 Å². The van der Waals surface area contributed by atoms with Crippen molar-refractivity contribution in [3.8, 4) is 0 Å². The number of hydrogen-bond donors (Lipinski definition) is 1. The lowest BCUT2D eigenvalue weighted by atomic mass is 9.95. The van der Waals surface area contributed by atoms with Gasteiger partial charge < -0.3 is 4.90 Å². The molecule has 1 aliphatic heterocycles. The van der Waals surface area contributed by atoms with Gasteiger partial charge in [0.05, 0.1) is 13.1 Å². The van der Waals surface area contributed by atoms with Crippen molar-refractivity contribution >= 4 is 0 Å². The highest BCUT2D eigenvalue weighted by Crippen LogP contribution is 2.20. The second kappa shape index (κ2) is 8.65. The largest absolute Gasteiger partial charge is 0.322 e. The first-order valence-corrected chi connectivity index (χ1v) is 10.4. The molecule has 1 aliphatic rings. The zero-order chi connectivity index (χ0) is 19.3. The third-order valence-electron chi connectivity index (χ3n) is 6.01. The second-order valence-electron chi connectivity index (χ2n) is 8.18. The molecule has 0 amide bonds. The average Bonchev–Trinajstić information content (AvgIpc) is 3.18. The Morgan fingerprint density at radius 1 is 1.04 bits per heavy atom. The Morgan fingerprint density at radius 2 is 1.75 bits per heavy atom. The van der Waals surface area contributed by atoms with Gasteiger partial charge in [-0.15, -0.1) is 5.10 Å². The van der Waals surface area contributed by atoms with E-state index in [1.807, 2.05) is 4.68 Å². The van der Waals surface area contributed by atoms with Crippen molar-refractivity contribution in [3.05, 3.63) is 77.1 Å². The molecule has 0 spiro atoms. The van der Waals surface area contributed by atoms with Gasteiger partial charge in [0.2, 0.25) is 5.82 Å². The highest BCUT2D eigenvalue weighted by Gasteiger charge is 2.33. The predicted octanol–water partition coefficient (Wildman–Crippen LogP) is 2.63. The topological polar surface area (TPSA) is 48.0 Å². The Labute approximate surface area is 167 Å². The third kappa shape index (κ3) is 4.30. The van der Waals surface area contributed by atoms with Crippen LogP contribution in [0.4, 0.5) is 0 Å². The predicted molar refractivity (Wildman–Crippen MR) is 110 cm³/mol. The molecule has 0 saturated carbocycles. The Balaban J connectivity index is 1.61. The molecule has 2 aromatic carbocycles. The first kappa shape index (κ1) is 18.8. The molecule has 2 heterocycles. The van der Waals surface area contributed by atoms with E-state index < -0.39 is 0 Å². The van der Waals surface area contributed by atoms with E-state index in [4.69, 9.17) is 0 Å². The molecule has 3 aromatic rings. The number of rotatable bonds is 6. The minimum atomic E-state index is 0.193. The normalized spacial score (nSPS) is 20.8. The van der Waals surface area contributed by atoms with Gasteiger partial charge >= 0.3 is 0 Å². The van der Waals surface area contributed by atoms with Gasteiger partial charge in [0.25, 0.3) is 0 Å². The van der Waals surface area contributed by atoms with Gasteiger partial charge in [0.15, 0.2) is 6.04 Å². The summed E-state index contributed by atoms with van der Waals surface area (Å²) in [6.07, 6.45) is 3.47. The summed E-state index contributed by atoms with van der Waals surface area (Å²) >= 11 is 0. The van der Waals surface area contributed by atoms with E-state index in [9.17, 15) is 0 Å². The van der Waals surface area contributed by atoms with Crippen molar-refractivity contribution in [2.75, 3.05) is 13.1 Å². The summed E-state index contributed by atoms with van der Waals surface area (Å²) in [6, 6.07) is 19.7. The summed E-state index contributed by atoms with van der Waals surface area (Å²) in [5, 5.41) is 12.9. The molecule has 1 saturated heterocycles. The van der Waals surface area contributed by atoms with Gasteiger partial charge in [-0.05, 0) is 48.1 Å². The minimum absolute atomic E-state index is 0.193. The number of likely N-dealkylation sites (tertiary alicyclic amines) is 1. The summed E-state index contributed by atoms with van der Waals surface area (Å²) in [4.78, 5) is 1.58. The van der Waals surface area contributed by atoms with E-state index in [0.717, 1.165) is 24.7 Å². The van der Waals surface area contributed by atoms with Gasteiger partial charge in [0.1, 0.15) is 0 Å². The molecule has 146 valence electrons. The van der Waals surface area contributed by atoms with Crippen LogP contribution in [0.2, 0.25) is 0 Å². The molecule has 0 radical (unpaired) electrons. The van der Waals surface area contributed by atoms with Crippen LogP contribution in [0.15, 0.2) is 54.6 Å². The van der Waals surface area contributed by atoms with Crippen LogP contribution in [0.25, 0.3) is 0 Å². The molecule has 4 rings (SSSR count). The molecule has 1 fully saturated rings. The van der Waals surface area contributed by atoms with Crippen molar-refractivity contribution < 1.29 is 4.90 Å². The molecule has 28 heavy (non-hydrogen) atoms. The van der Waals surface area contributed by atoms with Crippen LogP contribution in [0, 0.1) is 12.8 Å². The zero-order valence-electron chi connectivity index (χ0n) is 16.9. The third-order valence-corrected chi connectivity index (χ3v) is 6.01. The molecule has 0 aliphatic carbocycles. The van der Waals surface area contributed by atoms with Gasteiger partial charge in [-0.2, -0.15) is 0 Å². The maximum atomic E-state index is 4.50. The van der Waals surface area contributed by atoms with E-state index >= 15 is 0 Å². The number of benzene rings is 2. The van der Waals surface area contributed by atoms with E-state index in [-0.39, 0.29) is 6.04 Å². The summed E-state index contributed by atoms with van der Waals surface area (Å²) in [5.74, 6) is 1.81. The van der Waals surface area contributed by atoms with Gasteiger partial charge in [-0.3, -0.25) is 0 Å². The average molecular weight is 377 g/mol.